The van der Waals surface area contributed by atoms with Crippen LogP contribution < -0.4 is 0 Å². The van der Waals surface area contributed by atoms with Crippen LogP contribution >= 0.6 is 11.8 Å². The molecule has 1 atom stereocenters. The second kappa shape index (κ2) is 8.59. The van der Waals surface area contributed by atoms with Gasteiger partial charge in [-0.1, -0.05) is 39.0 Å². The number of aromatic nitrogens is 3. The Morgan fingerprint density at radius 2 is 1.89 bits per heavy atom. The highest BCUT2D eigenvalue weighted by Crippen LogP contribution is 2.25. The average molecular weight is 284 g/mol. The molecule has 110 valence electrons. The van der Waals surface area contributed by atoms with E-state index in [0.717, 1.165) is 29.7 Å². The highest BCUT2D eigenvalue weighted by Gasteiger charge is 2.21. The molecule has 1 aromatic heterocycles. The van der Waals surface area contributed by atoms with Crippen molar-refractivity contribution in [3.05, 3.63) is 5.82 Å². The topological polar surface area (TPSA) is 34.0 Å². The minimum atomic E-state index is 0.361. The second-order valence-electron chi connectivity index (χ2n) is 5.08. The molecule has 4 nitrogen and oxygen atoms in total. The lowest BCUT2D eigenvalue weighted by Crippen LogP contribution is -2.23. The molecule has 1 rings (SSSR count). The van der Waals surface area contributed by atoms with Gasteiger partial charge in [0.15, 0.2) is 11.0 Å². The van der Waals surface area contributed by atoms with Crippen molar-refractivity contribution in [3.63, 3.8) is 0 Å². The summed E-state index contributed by atoms with van der Waals surface area (Å²) in [4.78, 5) is 2.24. The summed E-state index contributed by atoms with van der Waals surface area (Å²) in [5, 5.41) is 9.96. The van der Waals surface area contributed by atoms with Crippen LogP contribution in [-0.2, 0) is 6.54 Å². The number of hydrogen-bond donors (Lipinski definition) is 0. The maximum Gasteiger partial charge on any atom is 0.191 e. The molecule has 0 amide bonds. The van der Waals surface area contributed by atoms with Gasteiger partial charge in [-0.15, -0.1) is 10.2 Å². The van der Waals surface area contributed by atoms with Gasteiger partial charge in [0.1, 0.15) is 0 Å². The molecule has 0 aliphatic carbocycles. The second-order valence-corrected chi connectivity index (χ2v) is 6.14. The van der Waals surface area contributed by atoms with E-state index in [2.05, 4.69) is 54.5 Å². The summed E-state index contributed by atoms with van der Waals surface area (Å²) in [5.74, 6) is 2.24. The predicted octanol–water partition coefficient (Wildman–Crippen LogP) is 3.59. The van der Waals surface area contributed by atoms with Crippen LogP contribution in [0.3, 0.4) is 0 Å². The van der Waals surface area contributed by atoms with Crippen LogP contribution in [0, 0.1) is 0 Å². The van der Waals surface area contributed by atoms with Gasteiger partial charge >= 0.3 is 0 Å². The standard InChI is InChI=1S/C14H28N4S/c1-6-9-10-18-13(12(8-3)17(4)5)15-16-14(18)19-11-7-2/h12H,6-11H2,1-5H3. The number of hydrogen-bond acceptors (Lipinski definition) is 4. The van der Waals surface area contributed by atoms with E-state index in [0.29, 0.717) is 6.04 Å². The number of rotatable bonds is 9. The van der Waals surface area contributed by atoms with Crippen molar-refractivity contribution in [2.75, 3.05) is 19.8 Å². The highest BCUT2D eigenvalue weighted by atomic mass is 32.2. The summed E-state index contributed by atoms with van der Waals surface area (Å²) in [6.07, 6.45) is 4.63. The Hall–Kier alpha value is -0.550. The van der Waals surface area contributed by atoms with E-state index < -0.39 is 0 Å². The van der Waals surface area contributed by atoms with Crippen molar-refractivity contribution in [3.8, 4) is 0 Å². The zero-order valence-electron chi connectivity index (χ0n) is 13.0. The number of thioether (sulfide) groups is 1. The Morgan fingerprint density at radius 3 is 2.42 bits per heavy atom. The molecule has 0 saturated carbocycles. The third kappa shape index (κ3) is 4.49. The van der Waals surface area contributed by atoms with E-state index in [4.69, 9.17) is 0 Å². The first-order valence-electron chi connectivity index (χ1n) is 7.37. The van der Waals surface area contributed by atoms with Crippen molar-refractivity contribution < 1.29 is 0 Å². The SMILES string of the molecule is CCCCn1c(SCCC)nnc1C(CC)N(C)C. The van der Waals surface area contributed by atoms with Crippen LogP contribution in [-0.4, -0.2) is 39.5 Å². The normalized spacial score (nSPS) is 13.2. The molecule has 1 aromatic rings. The fourth-order valence-corrected chi connectivity index (χ4v) is 2.98. The van der Waals surface area contributed by atoms with Gasteiger partial charge in [-0.3, -0.25) is 4.90 Å². The highest BCUT2D eigenvalue weighted by molar-refractivity contribution is 7.99. The minimum Gasteiger partial charge on any atom is -0.305 e. The summed E-state index contributed by atoms with van der Waals surface area (Å²) >= 11 is 1.83. The van der Waals surface area contributed by atoms with Crippen molar-refractivity contribution >= 4 is 11.8 Å². The van der Waals surface area contributed by atoms with Crippen molar-refractivity contribution in [1.29, 1.82) is 0 Å². The first kappa shape index (κ1) is 16.5. The maximum atomic E-state index is 4.46. The molecule has 0 fully saturated rings. The molecule has 0 aromatic carbocycles. The first-order valence-corrected chi connectivity index (χ1v) is 8.36. The third-order valence-electron chi connectivity index (χ3n) is 3.22. The zero-order chi connectivity index (χ0) is 14.3. The summed E-state index contributed by atoms with van der Waals surface area (Å²) in [6, 6.07) is 0.361. The summed E-state index contributed by atoms with van der Waals surface area (Å²) in [6.45, 7) is 7.68. The lowest BCUT2D eigenvalue weighted by atomic mass is 10.2. The van der Waals surface area contributed by atoms with Crippen LogP contribution in [0.2, 0.25) is 0 Å². The minimum absolute atomic E-state index is 0.361. The van der Waals surface area contributed by atoms with E-state index in [1.165, 1.54) is 19.3 Å². The molecular formula is C14H28N4S. The molecule has 0 saturated heterocycles. The molecule has 1 heterocycles. The Labute approximate surface area is 122 Å². The lowest BCUT2D eigenvalue weighted by Gasteiger charge is -2.23. The van der Waals surface area contributed by atoms with Crippen LogP contribution in [0.5, 0.6) is 0 Å². The van der Waals surface area contributed by atoms with Gasteiger partial charge in [0, 0.05) is 12.3 Å². The molecule has 0 spiro atoms. The molecule has 0 radical (unpaired) electrons. The van der Waals surface area contributed by atoms with Crippen LogP contribution in [0.1, 0.15) is 58.3 Å². The van der Waals surface area contributed by atoms with Gasteiger partial charge in [0.25, 0.3) is 0 Å². The van der Waals surface area contributed by atoms with Crippen LogP contribution in [0.4, 0.5) is 0 Å². The first-order chi connectivity index (χ1) is 9.15. The Morgan fingerprint density at radius 1 is 1.16 bits per heavy atom. The summed E-state index contributed by atoms with van der Waals surface area (Å²) < 4.78 is 2.33. The third-order valence-corrected chi connectivity index (χ3v) is 4.40. The number of unbranched alkanes of at least 4 members (excludes halogenated alkanes) is 1. The van der Waals surface area contributed by atoms with Crippen molar-refractivity contribution in [1.82, 2.24) is 19.7 Å². The smallest absolute Gasteiger partial charge is 0.191 e. The van der Waals surface area contributed by atoms with E-state index in [1.807, 2.05) is 11.8 Å². The summed E-state index contributed by atoms with van der Waals surface area (Å²) in [7, 11) is 4.23. The van der Waals surface area contributed by atoms with E-state index >= 15 is 0 Å². The van der Waals surface area contributed by atoms with E-state index in [9.17, 15) is 0 Å². The molecule has 0 bridgehead atoms. The Kier molecular flexibility index (Phi) is 7.46. The molecule has 1 unspecified atom stereocenters. The number of nitrogens with zero attached hydrogens (tertiary/aromatic N) is 4. The van der Waals surface area contributed by atoms with Gasteiger partial charge in [-0.25, -0.2) is 0 Å². The van der Waals surface area contributed by atoms with Crippen molar-refractivity contribution in [2.45, 2.75) is 64.2 Å². The van der Waals surface area contributed by atoms with Gasteiger partial charge in [0.2, 0.25) is 0 Å². The molecule has 0 N–H and O–H groups in total. The molecule has 19 heavy (non-hydrogen) atoms. The van der Waals surface area contributed by atoms with Gasteiger partial charge in [-0.2, -0.15) is 0 Å². The average Bonchev–Trinajstić information content (AvgIpc) is 2.77. The maximum absolute atomic E-state index is 4.46. The van der Waals surface area contributed by atoms with Gasteiger partial charge < -0.3 is 4.57 Å². The van der Waals surface area contributed by atoms with Gasteiger partial charge in [-0.05, 0) is 33.4 Å². The molecule has 0 aliphatic heterocycles. The predicted molar refractivity (Wildman–Crippen MR) is 82.7 cm³/mol. The summed E-state index contributed by atoms with van der Waals surface area (Å²) in [5.41, 5.74) is 0. The fourth-order valence-electron chi connectivity index (χ4n) is 2.15. The fraction of sp³-hybridized carbons (Fsp3) is 0.857. The van der Waals surface area contributed by atoms with E-state index in [1.54, 1.807) is 0 Å². The molecule has 0 aliphatic rings. The molecule has 5 heteroatoms. The van der Waals surface area contributed by atoms with Gasteiger partial charge in [0.05, 0.1) is 6.04 Å². The zero-order valence-corrected chi connectivity index (χ0v) is 13.8. The monoisotopic (exact) mass is 284 g/mol. The molecular weight excluding hydrogens is 256 g/mol. The lowest BCUT2D eigenvalue weighted by molar-refractivity contribution is 0.270. The van der Waals surface area contributed by atoms with E-state index in [-0.39, 0.29) is 0 Å². The quantitative estimate of drug-likeness (QED) is 0.649. The largest absolute Gasteiger partial charge is 0.305 e. The van der Waals surface area contributed by atoms with Crippen molar-refractivity contribution in [2.24, 2.45) is 0 Å². The van der Waals surface area contributed by atoms with Crippen LogP contribution in [0.15, 0.2) is 5.16 Å². The Bertz CT molecular complexity index is 362. The van der Waals surface area contributed by atoms with Crippen LogP contribution in [0.25, 0.3) is 0 Å². The Balaban J connectivity index is 2.97.